The molecule has 0 N–H and O–H groups in total. The van der Waals surface area contributed by atoms with E-state index in [1.807, 2.05) is 0 Å². The predicted molar refractivity (Wildman–Crippen MR) is 330 cm³/mol. The van der Waals surface area contributed by atoms with Crippen molar-refractivity contribution in [1.82, 2.24) is 0 Å². The second kappa shape index (κ2) is 16.4. The summed E-state index contributed by atoms with van der Waals surface area (Å²) in [6, 6.07) is 63.9. The number of rotatable bonds is 7. The highest BCUT2D eigenvalue weighted by molar-refractivity contribution is 7.00. The van der Waals surface area contributed by atoms with Gasteiger partial charge in [-0.3, -0.25) is 0 Å². The summed E-state index contributed by atoms with van der Waals surface area (Å²) < 4.78 is 0. The Balaban J connectivity index is 1.19. The predicted octanol–water partition coefficient (Wildman–Crippen LogP) is 17.8. The lowest BCUT2D eigenvalue weighted by atomic mass is 9.33. The number of para-hydroxylation sites is 2. The fourth-order valence-corrected chi connectivity index (χ4v) is 16.6. The molecular weight excluding hydrogens is 930 g/mol. The van der Waals surface area contributed by atoms with Crippen molar-refractivity contribution >= 4 is 74.3 Å². The van der Waals surface area contributed by atoms with Gasteiger partial charge >= 0.3 is 0 Å². The molecule has 0 saturated heterocycles. The highest BCUT2D eigenvalue weighted by atomic mass is 15.2. The van der Waals surface area contributed by atoms with Crippen LogP contribution in [0.25, 0.3) is 0 Å². The summed E-state index contributed by atoms with van der Waals surface area (Å²) in [7, 11) is 0. The van der Waals surface area contributed by atoms with E-state index < -0.39 is 0 Å². The molecule has 3 aliphatic carbocycles. The lowest BCUT2D eigenvalue weighted by Crippen LogP contribution is -2.61. The van der Waals surface area contributed by atoms with Crippen LogP contribution in [0.1, 0.15) is 166 Å². The molecule has 3 nitrogen and oxygen atoms in total. The highest BCUT2D eigenvalue weighted by Gasteiger charge is 2.51. The third-order valence-corrected chi connectivity index (χ3v) is 19.6. The maximum atomic E-state index is 2.74. The SMILES string of the molecule is Cc1cc2c(cc1N1c3cc4c(cc3B3c5ccc(C(C)(C)c6ccccc6)cc5N(c5ccc6c(c5)C(C)(C)CC6(C)C)c5cc(N(c6ccccc6)c6ccccc6)cc1c53)C(C)(C)CC4(C)C)C(C)(C)CC2(C)C. The molecule has 2 aliphatic heterocycles. The number of benzene rings is 8. The summed E-state index contributed by atoms with van der Waals surface area (Å²) in [4.78, 5) is 7.93. The van der Waals surface area contributed by atoms with Crippen LogP contribution in [-0.4, -0.2) is 6.71 Å². The van der Waals surface area contributed by atoms with Crippen LogP contribution in [0.5, 0.6) is 0 Å². The molecule has 0 fully saturated rings. The lowest BCUT2D eigenvalue weighted by molar-refractivity contribution is 0.402. The zero-order valence-electron chi connectivity index (χ0n) is 48.6. The standard InChI is InChI=1S/C73H78BN3/c1-46-35-54-57(71(10,11)44-68(54,4)5)41-61(46)77-63-42-58-56(70(8,9)45-72(58,12)13)40-60(63)74-59-34-31-48(73(14,15)47-25-19-16-20-26-47)36-62(59)76(51-32-33-53-55(37-51)69(6,7)43-67(53,2)3)64-38-52(39-65(77)66(64)74)75(49-27-21-17-22-28-49)50-29-23-18-24-30-50/h16-42H,43-45H2,1-15H3. The van der Waals surface area contributed by atoms with Gasteiger partial charge in [-0.05, 0) is 192 Å². The number of fused-ring (bicyclic) bond motifs is 7. The van der Waals surface area contributed by atoms with E-state index in [1.165, 1.54) is 101 Å². The third-order valence-electron chi connectivity index (χ3n) is 19.6. The Morgan fingerprint density at radius 1 is 0.377 bits per heavy atom. The molecule has 0 radical (unpaired) electrons. The van der Waals surface area contributed by atoms with Gasteiger partial charge in [0.15, 0.2) is 0 Å². The van der Waals surface area contributed by atoms with E-state index in [4.69, 9.17) is 0 Å². The van der Waals surface area contributed by atoms with Crippen molar-refractivity contribution < 1.29 is 0 Å². The first-order valence-corrected chi connectivity index (χ1v) is 28.7. The van der Waals surface area contributed by atoms with Crippen LogP contribution < -0.4 is 31.1 Å². The van der Waals surface area contributed by atoms with Crippen LogP contribution in [0.2, 0.25) is 0 Å². The number of aryl methyl sites for hydroxylation is 1. The van der Waals surface area contributed by atoms with Crippen LogP contribution in [0.3, 0.4) is 0 Å². The van der Waals surface area contributed by atoms with Gasteiger partial charge in [0.05, 0.1) is 5.69 Å². The first-order valence-electron chi connectivity index (χ1n) is 28.7. The van der Waals surface area contributed by atoms with E-state index in [9.17, 15) is 0 Å². The van der Waals surface area contributed by atoms with Crippen LogP contribution in [0.15, 0.2) is 164 Å². The number of nitrogens with zero attached hydrogens (tertiary/aromatic N) is 3. The molecule has 0 amide bonds. The summed E-state index contributed by atoms with van der Waals surface area (Å²) in [5, 5.41) is 0. The molecule has 8 aromatic carbocycles. The van der Waals surface area contributed by atoms with Gasteiger partial charge in [0.25, 0.3) is 6.71 Å². The van der Waals surface area contributed by atoms with Crippen molar-refractivity contribution in [2.24, 2.45) is 0 Å². The monoisotopic (exact) mass is 1010 g/mol. The summed E-state index contributed by atoms with van der Waals surface area (Å²) in [6.45, 7) is 36.7. The van der Waals surface area contributed by atoms with Gasteiger partial charge < -0.3 is 14.7 Å². The smallest absolute Gasteiger partial charge is 0.252 e. The van der Waals surface area contributed by atoms with Gasteiger partial charge in [0.2, 0.25) is 0 Å². The van der Waals surface area contributed by atoms with E-state index in [1.54, 1.807) is 0 Å². The van der Waals surface area contributed by atoms with Crippen LogP contribution in [0.4, 0.5) is 51.2 Å². The summed E-state index contributed by atoms with van der Waals surface area (Å²) in [6.07, 6.45) is 3.33. The highest BCUT2D eigenvalue weighted by Crippen LogP contribution is 2.57. The molecule has 0 spiro atoms. The van der Waals surface area contributed by atoms with Crippen molar-refractivity contribution in [3.8, 4) is 0 Å². The van der Waals surface area contributed by atoms with Gasteiger partial charge in [-0.2, -0.15) is 0 Å². The van der Waals surface area contributed by atoms with E-state index in [-0.39, 0.29) is 44.6 Å². The van der Waals surface area contributed by atoms with Crippen molar-refractivity contribution in [2.45, 2.75) is 161 Å². The van der Waals surface area contributed by atoms with Gasteiger partial charge in [0, 0.05) is 50.9 Å². The molecule has 0 unspecified atom stereocenters. The maximum Gasteiger partial charge on any atom is 0.252 e. The van der Waals surface area contributed by atoms with Crippen molar-refractivity contribution in [2.75, 3.05) is 14.7 Å². The Hall–Kier alpha value is -6.78. The van der Waals surface area contributed by atoms with E-state index in [0.717, 1.165) is 36.3 Å². The molecule has 0 aromatic heterocycles. The molecule has 77 heavy (non-hydrogen) atoms. The minimum atomic E-state index is -0.262. The van der Waals surface area contributed by atoms with Gasteiger partial charge in [-0.15, -0.1) is 0 Å². The zero-order valence-corrected chi connectivity index (χ0v) is 48.6. The third kappa shape index (κ3) is 7.43. The van der Waals surface area contributed by atoms with Gasteiger partial charge in [0.1, 0.15) is 0 Å². The molecule has 0 atom stereocenters. The first-order chi connectivity index (χ1) is 36.3. The fourth-order valence-electron chi connectivity index (χ4n) is 16.6. The molecule has 0 bridgehead atoms. The first kappa shape index (κ1) is 49.8. The molecule has 4 heteroatoms. The quantitative estimate of drug-likeness (QED) is 0.147. The minimum Gasteiger partial charge on any atom is -0.311 e. The van der Waals surface area contributed by atoms with Crippen molar-refractivity contribution in [3.05, 3.63) is 214 Å². The largest absolute Gasteiger partial charge is 0.311 e. The lowest BCUT2D eigenvalue weighted by Gasteiger charge is -2.46. The molecule has 8 aromatic rings. The second-order valence-electron chi connectivity index (χ2n) is 28.5. The number of anilines is 9. The summed E-state index contributed by atoms with van der Waals surface area (Å²) in [5.41, 5.74) is 27.7. The van der Waals surface area contributed by atoms with Gasteiger partial charge in [-0.1, -0.05) is 194 Å². The molecular formula is C73H78BN3. The maximum absolute atomic E-state index is 2.74. The van der Waals surface area contributed by atoms with Crippen LogP contribution >= 0.6 is 0 Å². The zero-order chi connectivity index (χ0) is 54.1. The fraction of sp³-hybridized carbons (Fsp3) is 0.342. The van der Waals surface area contributed by atoms with E-state index in [0.29, 0.717) is 0 Å². The molecule has 5 aliphatic rings. The summed E-state index contributed by atoms with van der Waals surface area (Å²) >= 11 is 0. The topological polar surface area (TPSA) is 9.72 Å². The van der Waals surface area contributed by atoms with Gasteiger partial charge in [-0.25, -0.2) is 0 Å². The molecule has 2 heterocycles. The average Bonchev–Trinajstić information content (AvgIpc) is 4.00. The average molecular weight is 1010 g/mol. The minimum absolute atomic E-state index is 0.00165. The van der Waals surface area contributed by atoms with E-state index >= 15 is 0 Å². The Labute approximate surface area is 461 Å². The van der Waals surface area contributed by atoms with Crippen molar-refractivity contribution in [1.29, 1.82) is 0 Å². The number of hydrogen-bond acceptors (Lipinski definition) is 3. The molecule has 0 saturated carbocycles. The Bertz CT molecular complexity index is 3690. The number of hydrogen-bond donors (Lipinski definition) is 0. The normalized spacial score (nSPS) is 19.0. The Kier molecular flexibility index (Phi) is 10.6. The van der Waals surface area contributed by atoms with Crippen LogP contribution in [-0.2, 0) is 37.9 Å². The van der Waals surface area contributed by atoms with Crippen LogP contribution in [0, 0.1) is 6.92 Å². The molecule has 13 rings (SSSR count). The Morgan fingerprint density at radius 3 is 1.39 bits per heavy atom. The Morgan fingerprint density at radius 2 is 0.831 bits per heavy atom. The molecule has 388 valence electrons. The summed E-state index contributed by atoms with van der Waals surface area (Å²) in [5.74, 6) is 0. The van der Waals surface area contributed by atoms with Crippen molar-refractivity contribution in [3.63, 3.8) is 0 Å². The second-order valence-corrected chi connectivity index (χ2v) is 28.5. The van der Waals surface area contributed by atoms with E-state index in [2.05, 4.69) is 282 Å².